The van der Waals surface area contributed by atoms with Gasteiger partial charge < -0.3 is 5.32 Å². The first-order chi connectivity index (χ1) is 11.6. The lowest BCUT2D eigenvalue weighted by molar-refractivity contribution is 0.513. The van der Waals surface area contributed by atoms with E-state index in [1.807, 2.05) is 18.2 Å². The van der Waals surface area contributed by atoms with E-state index < -0.39 is 0 Å². The van der Waals surface area contributed by atoms with Gasteiger partial charge in [-0.1, -0.05) is 54.6 Å². The van der Waals surface area contributed by atoms with Crippen LogP contribution < -0.4 is 5.32 Å². The molecule has 1 aliphatic heterocycles. The van der Waals surface area contributed by atoms with Gasteiger partial charge in [-0.2, -0.15) is 0 Å². The second-order valence-electron chi connectivity index (χ2n) is 6.64. The predicted octanol–water partition coefficient (Wildman–Crippen LogP) is 5.00. The van der Waals surface area contributed by atoms with Crippen molar-refractivity contribution in [1.82, 2.24) is 4.98 Å². The summed E-state index contributed by atoms with van der Waals surface area (Å²) in [6, 6.07) is 18.7. The van der Waals surface area contributed by atoms with E-state index in [0.29, 0.717) is 0 Å². The van der Waals surface area contributed by atoms with Crippen molar-refractivity contribution in [2.75, 3.05) is 5.32 Å². The summed E-state index contributed by atoms with van der Waals surface area (Å²) in [5.74, 6) is 0.913. The first-order valence-electron chi connectivity index (χ1n) is 8.07. The van der Waals surface area contributed by atoms with Crippen LogP contribution in [0.1, 0.15) is 25.0 Å². The van der Waals surface area contributed by atoms with Crippen LogP contribution in [0.15, 0.2) is 65.0 Å². The highest BCUT2D eigenvalue weighted by atomic mass is 32.1. The average Bonchev–Trinajstić information content (AvgIpc) is 3.03. The highest BCUT2D eigenvalue weighted by Gasteiger charge is 2.26. The third-order valence-electron chi connectivity index (χ3n) is 4.11. The van der Waals surface area contributed by atoms with Crippen molar-refractivity contribution >= 4 is 22.3 Å². The lowest BCUT2D eigenvalue weighted by Crippen LogP contribution is -2.32. The van der Waals surface area contributed by atoms with Crippen molar-refractivity contribution in [2.45, 2.75) is 25.8 Å². The molecule has 0 saturated heterocycles. The van der Waals surface area contributed by atoms with Crippen LogP contribution in [0.3, 0.4) is 0 Å². The minimum absolute atomic E-state index is 0.101. The van der Waals surface area contributed by atoms with Crippen LogP contribution in [0.4, 0.5) is 5.13 Å². The Labute approximate surface area is 146 Å². The van der Waals surface area contributed by atoms with E-state index >= 15 is 0 Å². The second kappa shape index (κ2) is 5.87. The second-order valence-corrected chi connectivity index (χ2v) is 7.49. The zero-order valence-electron chi connectivity index (χ0n) is 13.8. The molecule has 4 rings (SSSR count). The summed E-state index contributed by atoms with van der Waals surface area (Å²) in [6.07, 6.45) is 0.960. The predicted molar refractivity (Wildman–Crippen MR) is 102 cm³/mol. The fraction of sp³-hybridized carbons (Fsp3) is 0.200. The van der Waals surface area contributed by atoms with Crippen LogP contribution in [-0.2, 0) is 6.42 Å². The molecule has 2 aromatic carbocycles. The molecule has 0 unspecified atom stereocenters. The number of hydrogen-bond acceptors (Lipinski definition) is 4. The summed E-state index contributed by atoms with van der Waals surface area (Å²) in [6.45, 7) is 4.34. The number of rotatable bonds is 2. The van der Waals surface area contributed by atoms with Gasteiger partial charge in [-0.3, -0.25) is 4.99 Å². The topological polar surface area (TPSA) is 37.3 Å². The molecule has 1 aliphatic rings. The molecule has 0 saturated carbocycles. The van der Waals surface area contributed by atoms with E-state index in [0.717, 1.165) is 28.6 Å². The van der Waals surface area contributed by atoms with Crippen molar-refractivity contribution in [3.8, 4) is 11.3 Å². The number of aromatic nitrogens is 1. The first-order valence-corrected chi connectivity index (χ1v) is 8.95. The summed E-state index contributed by atoms with van der Waals surface area (Å²) in [4.78, 5) is 9.63. The van der Waals surface area contributed by atoms with Crippen LogP contribution in [0.25, 0.3) is 11.3 Å². The largest absolute Gasteiger partial charge is 0.316 e. The van der Waals surface area contributed by atoms with Crippen molar-refractivity contribution in [1.29, 1.82) is 0 Å². The highest BCUT2D eigenvalue weighted by molar-refractivity contribution is 7.14. The molecule has 120 valence electrons. The van der Waals surface area contributed by atoms with E-state index in [1.165, 1.54) is 11.1 Å². The Morgan fingerprint density at radius 1 is 1.00 bits per heavy atom. The van der Waals surface area contributed by atoms with Crippen molar-refractivity contribution < 1.29 is 0 Å². The Bertz CT molecular complexity index is 894. The van der Waals surface area contributed by atoms with Crippen molar-refractivity contribution in [3.63, 3.8) is 0 Å². The minimum Gasteiger partial charge on any atom is -0.316 e. The average molecular weight is 333 g/mol. The van der Waals surface area contributed by atoms with Gasteiger partial charge in [0.2, 0.25) is 0 Å². The molecule has 3 nitrogen and oxygen atoms in total. The van der Waals surface area contributed by atoms with Gasteiger partial charge in [0.1, 0.15) is 5.84 Å². The smallest absolute Gasteiger partial charge is 0.188 e. The van der Waals surface area contributed by atoms with Gasteiger partial charge in [0.05, 0.1) is 11.2 Å². The van der Waals surface area contributed by atoms with E-state index in [4.69, 9.17) is 9.98 Å². The molecule has 1 aromatic heterocycles. The van der Waals surface area contributed by atoms with Crippen LogP contribution >= 0.6 is 11.3 Å². The number of fused-ring (bicyclic) bond motifs is 1. The van der Waals surface area contributed by atoms with Crippen LogP contribution in [0, 0.1) is 0 Å². The quantitative estimate of drug-likeness (QED) is 0.716. The lowest BCUT2D eigenvalue weighted by Gasteiger charge is -2.28. The molecule has 0 atom stereocenters. The summed E-state index contributed by atoms with van der Waals surface area (Å²) in [7, 11) is 0. The number of amidine groups is 1. The zero-order chi connectivity index (χ0) is 16.6. The highest BCUT2D eigenvalue weighted by Crippen LogP contribution is 2.29. The molecular formula is C20H19N3S. The molecule has 0 radical (unpaired) electrons. The van der Waals surface area contributed by atoms with Crippen LogP contribution in [0.5, 0.6) is 0 Å². The number of benzene rings is 2. The molecule has 0 fully saturated rings. The molecule has 0 aliphatic carbocycles. The Hall–Kier alpha value is -2.46. The molecule has 0 bridgehead atoms. The maximum atomic E-state index is 4.91. The standard InChI is InChI=1S/C20H19N3S/c1-20(2)12-15-10-6-7-11-16(15)18(23-20)22-19-21-17(13-24-19)14-8-4-3-5-9-14/h3-11,13H,12H2,1-2H3,(H,21,22,23). The molecule has 1 N–H and O–H groups in total. The van der Waals surface area contributed by atoms with Crippen molar-refractivity contribution in [3.05, 3.63) is 71.1 Å². The van der Waals surface area contributed by atoms with Gasteiger partial charge >= 0.3 is 0 Å². The third-order valence-corrected chi connectivity index (χ3v) is 4.87. The summed E-state index contributed by atoms with van der Waals surface area (Å²) in [5.41, 5.74) is 4.53. The first kappa shape index (κ1) is 15.1. The maximum absolute atomic E-state index is 4.91. The minimum atomic E-state index is -0.101. The number of nitrogens with zero attached hydrogens (tertiary/aromatic N) is 2. The fourth-order valence-electron chi connectivity index (χ4n) is 3.04. The number of thiazole rings is 1. The Balaban J connectivity index is 1.65. The normalized spacial score (nSPS) is 15.5. The van der Waals surface area contributed by atoms with Crippen LogP contribution in [0.2, 0.25) is 0 Å². The van der Waals surface area contributed by atoms with Crippen molar-refractivity contribution in [2.24, 2.45) is 4.99 Å². The summed E-state index contributed by atoms with van der Waals surface area (Å²) < 4.78 is 0. The van der Waals surface area contributed by atoms with Gasteiger partial charge in [0.15, 0.2) is 5.13 Å². The summed E-state index contributed by atoms with van der Waals surface area (Å²) in [5, 5.41) is 6.40. The van der Waals surface area contributed by atoms with E-state index in [1.54, 1.807) is 11.3 Å². The third kappa shape index (κ3) is 2.97. The van der Waals surface area contributed by atoms with Crippen LogP contribution in [-0.4, -0.2) is 16.4 Å². The lowest BCUT2D eigenvalue weighted by atomic mass is 9.89. The van der Waals surface area contributed by atoms with Gasteiger partial charge in [0.25, 0.3) is 0 Å². The molecule has 4 heteroatoms. The van der Waals surface area contributed by atoms with Gasteiger partial charge in [-0.25, -0.2) is 4.98 Å². The molecule has 24 heavy (non-hydrogen) atoms. The summed E-state index contributed by atoms with van der Waals surface area (Å²) >= 11 is 1.61. The van der Waals surface area contributed by atoms with Gasteiger partial charge in [-0.15, -0.1) is 11.3 Å². The number of aliphatic imine (C=N–C) groups is 1. The van der Waals surface area contributed by atoms with Gasteiger partial charge in [0, 0.05) is 16.5 Å². The SMILES string of the molecule is CC1(C)Cc2ccccc2C(Nc2nc(-c3ccccc3)cs2)=N1. The Kier molecular flexibility index (Phi) is 3.69. The van der Waals surface area contributed by atoms with E-state index in [-0.39, 0.29) is 5.54 Å². The van der Waals surface area contributed by atoms with Gasteiger partial charge in [-0.05, 0) is 25.8 Å². The number of anilines is 1. The molecule has 3 aromatic rings. The molecule has 0 amide bonds. The fourth-order valence-corrected chi connectivity index (χ4v) is 3.76. The number of hydrogen-bond donors (Lipinski definition) is 1. The Morgan fingerprint density at radius 2 is 1.75 bits per heavy atom. The monoisotopic (exact) mass is 333 g/mol. The zero-order valence-corrected chi connectivity index (χ0v) is 14.6. The molecule has 0 spiro atoms. The molecular weight excluding hydrogens is 314 g/mol. The molecule has 2 heterocycles. The number of nitrogens with one attached hydrogen (secondary N) is 1. The van der Waals surface area contributed by atoms with E-state index in [9.17, 15) is 0 Å². The maximum Gasteiger partial charge on any atom is 0.188 e. The van der Waals surface area contributed by atoms with E-state index in [2.05, 4.69) is 60.9 Å². The Morgan fingerprint density at radius 3 is 2.58 bits per heavy atom.